The summed E-state index contributed by atoms with van der Waals surface area (Å²) in [5, 5.41) is 3.46. The van der Waals surface area contributed by atoms with Gasteiger partial charge in [0.2, 0.25) is 0 Å². The third-order valence-electron chi connectivity index (χ3n) is 3.40. The highest BCUT2D eigenvalue weighted by Crippen LogP contribution is 2.22. The molecular formula is C17H23N3. The standard InChI is InChI=1S/C17H23N3/c1-5-18-16(17-19-10-13(4)11-20-17)15-8-6-14(7-9-15)12(2)3/h6-12,16,18H,5H2,1-4H3. The molecular weight excluding hydrogens is 246 g/mol. The third-order valence-corrected chi connectivity index (χ3v) is 3.40. The van der Waals surface area contributed by atoms with Gasteiger partial charge in [0.1, 0.15) is 5.82 Å². The maximum Gasteiger partial charge on any atom is 0.149 e. The van der Waals surface area contributed by atoms with Gasteiger partial charge < -0.3 is 5.32 Å². The Balaban J connectivity index is 2.30. The number of nitrogens with zero attached hydrogens (tertiary/aromatic N) is 2. The van der Waals surface area contributed by atoms with E-state index in [0.29, 0.717) is 5.92 Å². The summed E-state index contributed by atoms with van der Waals surface area (Å²) in [5.41, 5.74) is 3.65. The van der Waals surface area contributed by atoms with E-state index in [-0.39, 0.29) is 6.04 Å². The van der Waals surface area contributed by atoms with E-state index in [2.05, 4.69) is 60.3 Å². The summed E-state index contributed by atoms with van der Waals surface area (Å²) >= 11 is 0. The number of nitrogens with one attached hydrogen (secondary N) is 1. The maximum atomic E-state index is 4.46. The van der Waals surface area contributed by atoms with Crippen LogP contribution in [0.3, 0.4) is 0 Å². The largest absolute Gasteiger partial charge is 0.304 e. The van der Waals surface area contributed by atoms with E-state index in [4.69, 9.17) is 0 Å². The second kappa shape index (κ2) is 6.62. The third kappa shape index (κ3) is 3.42. The van der Waals surface area contributed by atoms with Crippen molar-refractivity contribution in [2.45, 2.75) is 39.7 Å². The summed E-state index contributed by atoms with van der Waals surface area (Å²) in [6, 6.07) is 8.79. The number of hydrogen-bond donors (Lipinski definition) is 1. The smallest absolute Gasteiger partial charge is 0.149 e. The van der Waals surface area contributed by atoms with Gasteiger partial charge in [-0.25, -0.2) is 9.97 Å². The molecule has 0 aliphatic rings. The molecule has 20 heavy (non-hydrogen) atoms. The van der Waals surface area contributed by atoms with Gasteiger partial charge in [-0.1, -0.05) is 45.0 Å². The lowest BCUT2D eigenvalue weighted by Crippen LogP contribution is -2.24. The number of benzene rings is 1. The van der Waals surface area contributed by atoms with Crippen molar-refractivity contribution in [2.24, 2.45) is 0 Å². The molecule has 3 heteroatoms. The molecule has 0 aliphatic carbocycles. The topological polar surface area (TPSA) is 37.8 Å². The number of rotatable bonds is 5. The van der Waals surface area contributed by atoms with Crippen LogP contribution in [0.4, 0.5) is 0 Å². The Labute approximate surface area is 121 Å². The molecule has 2 aromatic rings. The van der Waals surface area contributed by atoms with E-state index >= 15 is 0 Å². The van der Waals surface area contributed by atoms with Gasteiger partial charge in [0, 0.05) is 12.4 Å². The van der Waals surface area contributed by atoms with Crippen molar-refractivity contribution < 1.29 is 0 Å². The van der Waals surface area contributed by atoms with Crippen molar-refractivity contribution in [3.63, 3.8) is 0 Å². The van der Waals surface area contributed by atoms with E-state index in [9.17, 15) is 0 Å². The number of aryl methyl sites for hydroxylation is 1. The van der Waals surface area contributed by atoms with Crippen LogP contribution >= 0.6 is 0 Å². The lowest BCUT2D eigenvalue weighted by Gasteiger charge is -2.18. The minimum Gasteiger partial charge on any atom is -0.304 e. The zero-order chi connectivity index (χ0) is 14.5. The molecule has 106 valence electrons. The molecule has 0 fully saturated rings. The minimum atomic E-state index is 0.0572. The van der Waals surface area contributed by atoms with Crippen LogP contribution in [0.25, 0.3) is 0 Å². The predicted octanol–water partition coefficient (Wildman–Crippen LogP) is 3.61. The molecule has 0 saturated carbocycles. The van der Waals surface area contributed by atoms with Crippen molar-refractivity contribution in [1.29, 1.82) is 0 Å². The molecule has 0 amide bonds. The van der Waals surface area contributed by atoms with E-state index in [1.54, 1.807) is 0 Å². The Morgan fingerprint density at radius 1 is 1.00 bits per heavy atom. The Bertz CT molecular complexity index is 529. The Kier molecular flexibility index (Phi) is 4.85. The van der Waals surface area contributed by atoms with Gasteiger partial charge >= 0.3 is 0 Å². The molecule has 1 heterocycles. The average molecular weight is 269 g/mol. The fourth-order valence-electron chi connectivity index (χ4n) is 2.19. The SMILES string of the molecule is CCNC(c1ccc(C(C)C)cc1)c1ncc(C)cn1. The van der Waals surface area contributed by atoms with Gasteiger partial charge in [0.15, 0.2) is 0 Å². The Morgan fingerprint density at radius 3 is 2.05 bits per heavy atom. The van der Waals surface area contributed by atoms with Crippen molar-refractivity contribution in [1.82, 2.24) is 15.3 Å². The molecule has 1 aromatic heterocycles. The highest BCUT2D eigenvalue weighted by atomic mass is 15.0. The van der Waals surface area contributed by atoms with Crippen molar-refractivity contribution in [3.05, 3.63) is 59.2 Å². The zero-order valence-electron chi connectivity index (χ0n) is 12.7. The monoisotopic (exact) mass is 269 g/mol. The minimum absolute atomic E-state index is 0.0572. The summed E-state index contributed by atoms with van der Waals surface area (Å²) in [4.78, 5) is 8.92. The van der Waals surface area contributed by atoms with Crippen LogP contribution in [0.15, 0.2) is 36.7 Å². The molecule has 0 spiro atoms. The highest BCUT2D eigenvalue weighted by Gasteiger charge is 2.15. The lowest BCUT2D eigenvalue weighted by molar-refractivity contribution is 0.596. The van der Waals surface area contributed by atoms with Gasteiger partial charge in [-0.3, -0.25) is 0 Å². The van der Waals surface area contributed by atoms with Gasteiger partial charge in [-0.15, -0.1) is 0 Å². The van der Waals surface area contributed by atoms with Crippen LogP contribution in [-0.2, 0) is 0 Å². The van der Waals surface area contributed by atoms with Crippen molar-refractivity contribution >= 4 is 0 Å². The summed E-state index contributed by atoms with van der Waals surface area (Å²) < 4.78 is 0. The van der Waals surface area contributed by atoms with Crippen LogP contribution in [0, 0.1) is 6.92 Å². The first-order valence-electron chi connectivity index (χ1n) is 7.23. The van der Waals surface area contributed by atoms with E-state index in [1.807, 2.05) is 19.3 Å². The van der Waals surface area contributed by atoms with E-state index < -0.39 is 0 Å². The van der Waals surface area contributed by atoms with Crippen LogP contribution in [0.1, 0.15) is 55.2 Å². The first-order valence-corrected chi connectivity index (χ1v) is 7.23. The molecule has 1 N–H and O–H groups in total. The van der Waals surface area contributed by atoms with Crippen molar-refractivity contribution in [2.75, 3.05) is 6.54 Å². The molecule has 3 nitrogen and oxygen atoms in total. The lowest BCUT2D eigenvalue weighted by atomic mass is 9.98. The predicted molar refractivity (Wildman–Crippen MR) is 82.8 cm³/mol. The summed E-state index contributed by atoms with van der Waals surface area (Å²) in [6.07, 6.45) is 3.74. The van der Waals surface area contributed by atoms with E-state index in [0.717, 1.165) is 17.9 Å². The molecule has 1 aromatic carbocycles. The van der Waals surface area contributed by atoms with Crippen molar-refractivity contribution in [3.8, 4) is 0 Å². The summed E-state index contributed by atoms with van der Waals surface area (Å²) in [5.74, 6) is 1.38. The molecule has 0 aliphatic heterocycles. The molecule has 1 unspecified atom stereocenters. The van der Waals surface area contributed by atoms with Gasteiger partial charge in [0.25, 0.3) is 0 Å². The molecule has 0 bridgehead atoms. The average Bonchev–Trinajstić information content (AvgIpc) is 2.46. The fraction of sp³-hybridized carbons (Fsp3) is 0.412. The summed E-state index contributed by atoms with van der Waals surface area (Å²) in [7, 11) is 0. The van der Waals surface area contributed by atoms with Crippen LogP contribution in [-0.4, -0.2) is 16.5 Å². The molecule has 2 rings (SSSR count). The number of aromatic nitrogens is 2. The first-order chi connectivity index (χ1) is 9.61. The fourth-order valence-corrected chi connectivity index (χ4v) is 2.19. The van der Waals surface area contributed by atoms with Gasteiger partial charge in [-0.2, -0.15) is 0 Å². The second-order valence-electron chi connectivity index (χ2n) is 5.43. The Morgan fingerprint density at radius 2 is 1.55 bits per heavy atom. The number of hydrogen-bond acceptors (Lipinski definition) is 3. The first kappa shape index (κ1) is 14.7. The van der Waals surface area contributed by atoms with Gasteiger partial charge in [-0.05, 0) is 36.1 Å². The normalized spacial score (nSPS) is 12.7. The quantitative estimate of drug-likeness (QED) is 0.901. The summed E-state index contributed by atoms with van der Waals surface area (Å²) in [6.45, 7) is 9.40. The second-order valence-corrected chi connectivity index (χ2v) is 5.43. The highest BCUT2D eigenvalue weighted by molar-refractivity contribution is 5.30. The van der Waals surface area contributed by atoms with Gasteiger partial charge in [0.05, 0.1) is 6.04 Å². The maximum absolute atomic E-state index is 4.46. The van der Waals surface area contributed by atoms with Crippen LogP contribution in [0.5, 0.6) is 0 Å². The Hall–Kier alpha value is -1.74. The van der Waals surface area contributed by atoms with Crippen LogP contribution in [0.2, 0.25) is 0 Å². The molecule has 0 saturated heterocycles. The molecule has 1 atom stereocenters. The van der Waals surface area contributed by atoms with Crippen LogP contribution < -0.4 is 5.32 Å². The zero-order valence-corrected chi connectivity index (χ0v) is 12.7. The van der Waals surface area contributed by atoms with E-state index in [1.165, 1.54) is 11.1 Å². The molecule has 0 radical (unpaired) electrons.